The topological polar surface area (TPSA) is 67.4 Å². The monoisotopic (exact) mass is 380 g/mol. The summed E-state index contributed by atoms with van der Waals surface area (Å²) in [5.74, 6) is 0.383. The van der Waals surface area contributed by atoms with Gasteiger partial charge in [0, 0.05) is 16.8 Å². The summed E-state index contributed by atoms with van der Waals surface area (Å²) in [5, 5.41) is 7.63. The summed E-state index contributed by atoms with van der Waals surface area (Å²) >= 11 is 1.38. The molecule has 1 aromatic heterocycles. The Bertz CT molecular complexity index is 921. The molecular weight excluding hydrogens is 360 g/mol. The van der Waals surface area contributed by atoms with E-state index < -0.39 is 0 Å². The number of thiophene rings is 1. The van der Waals surface area contributed by atoms with Gasteiger partial charge in [-0.15, -0.1) is 11.3 Å². The lowest BCUT2D eigenvalue weighted by atomic mass is 10.1. The van der Waals surface area contributed by atoms with E-state index in [9.17, 15) is 9.59 Å². The number of carbonyl (C=O) groups is 2. The highest BCUT2D eigenvalue weighted by atomic mass is 32.1. The Morgan fingerprint density at radius 3 is 2.37 bits per heavy atom. The van der Waals surface area contributed by atoms with Crippen molar-refractivity contribution in [1.82, 2.24) is 5.32 Å². The van der Waals surface area contributed by atoms with Gasteiger partial charge in [0.2, 0.25) is 0 Å². The third kappa shape index (κ3) is 4.54. The number of hydrogen-bond acceptors (Lipinski definition) is 4. The Labute approximate surface area is 162 Å². The second-order valence-electron chi connectivity index (χ2n) is 5.95. The summed E-state index contributed by atoms with van der Waals surface area (Å²) in [6.07, 6.45) is 0. The molecule has 0 aliphatic heterocycles. The first-order valence-electron chi connectivity index (χ1n) is 8.47. The predicted molar refractivity (Wildman–Crippen MR) is 108 cm³/mol. The zero-order valence-electron chi connectivity index (χ0n) is 15.1. The van der Waals surface area contributed by atoms with Crippen LogP contribution in [0.25, 0.3) is 0 Å². The first kappa shape index (κ1) is 18.7. The van der Waals surface area contributed by atoms with Gasteiger partial charge < -0.3 is 15.4 Å². The number of carbonyl (C=O) groups excluding carboxylic acids is 2. The summed E-state index contributed by atoms with van der Waals surface area (Å²) in [6, 6.07) is 17.8. The molecule has 1 atom stereocenters. The van der Waals surface area contributed by atoms with Crippen LogP contribution in [0.1, 0.15) is 38.6 Å². The standard InChI is InChI=1S/C21H20N2O3S/c1-14(17-6-3-4-7-18(17)26-2)22-20(24)15-9-11-16(12-10-15)23-21(25)19-8-5-13-27-19/h3-14H,1-2H3,(H,22,24)(H,23,25)/t14-/m0/s1. The molecule has 0 bridgehead atoms. The fourth-order valence-electron chi connectivity index (χ4n) is 2.69. The molecule has 138 valence electrons. The van der Waals surface area contributed by atoms with Crippen molar-refractivity contribution >= 4 is 28.8 Å². The minimum absolute atomic E-state index is 0.160. The lowest BCUT2D eigenvalue weighted by Gasteiger charge is -2.17. The van der Waals surface area contributed by atoms with Gasteiger partial charge in [-0.05, 0) is 48.7 Å². The number of benzene rings is 2. The molecule has 1 heterocycles. The van der Waals surface area contributed by atoms with Gasteiger partial charge in [-0.3, -0.25) is 9.59 Å². The highest BCUT2D eigenvalue weighted by Crippen LogP contribution is 2.24. The van der Waals surface area contributed by atoms with Crippen LogP contribution in [-0.2, 0) is 0 Å². The molecule has 0 fully saturated rings. The van der Waals surface area contributed by atoms with E-state index in [0.717, 1.165) is 11.3 Å². The minimum Gasteiger partial charge on any atom is -0.496 e. The van der Waals surface area contributed by atoms with Gasteiger partial charge in [0.25, 0.3) is 11.8 Å². The Balaban J connectivity index is 1.64. The van der Waals surface area contributed by atoms with Crippen LogP contribution in [0.3, 0.4) is 0 Å². The molecule has 0 aliphatic rings. The van der Waals surface area contributed by atoms with Crippen LogP contribution < -0.4 is 15.4 Å². The molecule has 3 aromatic rings. The van der Waals surface area contributed by atoms with Gasteiger partial charge >= 0.3 is 0 Å². The van der Waals surface area contributed by atoms with Crippen LogP contribution in [0, 0.1) is 0 Å². The number of amides is 2. The number of ether oxygens (including phenoxy) is 1. The molecule has 0 aliphatic carbocycles. The zero-order chi connectivity index (χ0) is 19.2. The Kier molecular flexibility index (Phi) is 5.88. The summed E-state index contributed by atoms with van der Waals surface area (Å²) in [7, 11) is 1.61. The Hall–Kier alpha value is -3.12. The number of hydrogen-bond donors (Lipinski definition) is 2. The average molecular weight is 380 g/mol. The van der Waals surface area contributed by atoms with E-state index in [2.05, 4.69) is 10.6 Å². The molecule has 6 heteroatoms. The summed E-state index contributed by atoms with van der Waals surface area (Å²) in [4.78, 5) is 25.2. The summed E-state index contributed by atoms with van der Waals surface area (Å²) in [6.45, 7) is 1.91. The highest BCUT2D eigenvalue weighted by Gasteiger charge is 2.15. The van der Waals surface area contributed by atoms with Crippen molar-refractivity contribution in [2.75, 3.05) is 12.4 Å². The van der Waals surface area contributed by atoms with Gasteiger partial charge in [0.1, 0.15) is 5.75 Å². The SMILES string of the molecule is COc1ccccc1[C@H](C)NC(=O)c1ccc(NC(=O)c2cccs2)cc1. The average Bonchev–Trinajstić information content (AvgIpc) is 3.23. The summed E-state index contributed by atoms with van der Waals surface area (Å²) < 4.78 is 5.35. The highest BCUT2D eigenvalue weighted by molar-refractivity contribution is 7.12. The Morgan fingerprint density at radius 2 is 1.70 bits per heavy atom. The molecule has 3 rings (SSSR count). The largest absolute Gasteiger partial charge is 0.496 e. The molecule has 27 heavy (non-hydrogen) atoms. The van der Waals surface area contributed by atoms with Gasteiger partial charge in [-0.1, -0.05) is 24.3 Å². The van der Waals surface area contributed by atoms with Crippen LogP contribution in [0.5, 0.6) is 5.75 Å². The molecule has 0 unspecified atom stereocenters. The van der Waals surface area contributed by atoms with Crippen molar-refractivity contribution in [3.05, 3.63) is 82.0 Å². The van der Waals surface area contributed by atoms with Gasteiger partial charge in [-0.25, -0.2) is 0 Å². The summed E-state index contributed by atoms with van der Waals surface area (Å²) in [5.41, 5.74) is 2.07. The van der Waals surface area contributed by atoms with Crippen LogP contribution in [-0.4, -0.2) is 18.9 Å². The lowest BCUT2D eigenvalue weighted by Crippen LogP contribution is -2.26. The number of methoxy groups -OCH3 is 1. The molecular formula is C21H20N2O3S. The number of nitrogens with one attached hydrogen (secondary N) is 2. The lowest BCUT2D eigenvalue weighted by molar-refractivity contribution is 0.0939. The van der Waals surface area contributed by atoms with E-state index in [-0.39, 0.29) is 17.9 Å². The van der Waals surface area contributed by atoms with Crippen molar-refractivity contribution in [1.29, 1.82) is 0 Å². The van der Waals surface area contributed by atoms with Gasteiger partial charge in [0.15, 0.2) is 0 Å². The number of anilines is 1. The van der Waals surface area contributed by atoms with E-state index >= 15 is 0 Å². The minimum atomic E-state index is -0.202. The smallest absolute Gasteiger partial charge is 0.265 e. The molecule has 0 saturated heterocycles. The molecule has 0 radical (unpaired) electrons. The predicted octanol–water partition coefficient (Wildman–Crippen LogP) is 4.50. The number of rotatable bonds is 6. The maximum absolute atomic E-state index is 12.5. The first-order chi connectivity index (χ1) is 13.1. The second-order valence-corrected chi connectivity index (χ2v) is 6.89. The van der Waals surface area contributed by atoms with Crippen LogP contribution in [0.4, 0.5) is 5.69 Å². The van der Waals surface area contributed by atoms with Crippen LogP contribution >= 0.6 is 11.3 Å². The van der Waals surface area contributed by atoms with E-state index in [1.807, 2.05) is 42.6 Å². The quantitative estimate of drug-likeness (QED) is 0.662. The first-order valence-corrected chi connectivity index (χ1v) is 9.35. The third-order valence-electron chi connectivity index (χ3n) is 4.10. The molecule has 0 spiro atoms. The fraction of sp³-hybridized carbons (Fsp3) is 0.143. The van der Waals surface area contributed by atoms with E-state index in [1.54, 1.807) is 37.4 Å². The maximum atomic E-state index is 12.5. The van der Waals surface area contributed by atoms with Crippen molar-refractivity contribution in [3.8, 4) is 5.75 Å². The van der Waals surface area contributed by atoms with E-state index in [0.29, 0.717) is 16.1 Å². The van der Waals surface area contributed by atoms with Crippen LogP contribution in [0.2, 0.25) is 0 Å². The maximum Gasteiger partial charge on any atom is 0.265 e. The second kappa shape index (κ2) is 8.51. The molecule has 5 nitrogen and oxygen atoms in total. The van der Waals surface area contributed by atoms with E-state index in [1.165, 1.54) is 11.3 Å². The molecule has 2 N–H and O–H groups in total. The third-order valence-corrected chi connectivity index (χ3v) is 4.97. The normalized spacial score (nSPS) is 11.5. The van der Waals surface area contributed by atoms with E-state index in [4.69, 9.17) is 4.74 Å². The van der Waals surface area contributed by atoms with Crippen molar-refractivity contribution in [2.24, 2.45) is 0 Å². The van der Waals surface area contributed by atoms with Crippen molar-refractivity contribution in [3.63, 3.8) is 0 Å². The van der Waals surface area contributed by atoms with Crippen LogP contribution in [0.15, 0.2) is 66.0 Å². The van der Waals surface area contributed by atoms with Crippen molar-refractivity contribution in [2.45, 2.75) is 13.0 Å². The molecule has 2 amide bonds. The number of para-hydroxylation sites is 1. The van der Waals surface area contributed by atoms with Gasteiger partial charge in [0.05, 0.1) is 18.0 Å². The zero-order valence-corrected chi connectivity index (χ0v) is 15.9. The molecule has 0 saturated carbocycles. The fourth-order valence-corrected chi connectivity index (χ4v) is 3.31. The molecule has 2 aromatic carbocycles. The van der Waals surface area contributed by atoms with Crippen molar-refractivity contribution < 1.29 is 14.3 Å². The Morgan fingerprint density at radius 1 is 0.963 bits per heavy atom. The van der Waals surface area contributed by atoms with Gasteiger partial charge in [-0.2, -0.15) is 0 Å².